The number of imidazole rings is 1. The number of ether oxygens (including phenoxy) is 1. The molecule has 1 aliphatic rings. The van der Waals surface area contributed by atoms with Crippen molar-refractivity contribution in [1.82, 2.24) is 14.3 Å². The number of nitrogens with zero attached hydrogens (tertiary/aromatic N) is 3. The van der Waals surface area contributed by atoms with Crippen LogP contribution in [-0.2, 0) is 6.61 Å². The molecule has 0 unspecified atom stereocenters. The third-order valence-corrected chi connectivity index (χ3v) is 5.57. The minimum atomic E-state index is 0.0741. The van der Waals surface area contributed by atoms with Gasteiger partial charge in [0.25, 0.3) is 5.91 Å². The average molecular weight is 377 g/mol. The number of fused-ring (bicyclic) bond motifs is 1. The summed E-state index contributed by atoms with van der Waals surface area (Å²) in [5.41, 5.74) is 2.44. The smallest absolute Gasteiger partial charge is 0.253 e. The van der Waals surface area contributed by atoms with Gasteiger partial charge in [0.15, 0.2) is 0 Å². The molecule has 146 valence electrons. The highest BCUT2D eigenvalue weighted by Crippen LogP contribution is 2.23. The second-order valence-electron chi connectivity index (χ2n) is 7.58. The number of amides is 1. The van der Waals surface area contributed by atoms with E-state index in [9.17, 15) is 4.79 Å². The maximum absolute atomic E-state index is 13.0. The normalized spacial score (nSPS) is 15.3. The summed E-state index contributed by atoms with van der Waals surface area (Å²) in [7, 11) is 1.93. The van der Waals surface area contributed by atoms with Gasteiger partial charge in [-0.25, -0.2) is 4.98 Å². The van der Waals surface area contributed by atoms with Crippen molar-refractivity contribution in [3.8, 4) is 5.75 Å². The van der Waals surface area contributed by atoms with Crippen LogP contribution in [-0.4, -0.2) is 33.3 Å². The lowest BCUT2D eigenvalue weighted by atomic mass is 10.1. The van der Waals surface area contributed by atoms with Crippen LogP contribution in [0.4, 0.5) is 0 Å². The van der Waals surface area contributed by atoms with Crippen molar-refractivity contribution in [2.45, 2.75) is 51.2 Å². The number of aromatic nitrogens is 2. The monoisotopic (exact) mass is 377 g/mol. The van der Waals surface area contributed by atoms with Gasteiger partial charge in [-0.05, 0) is 43.2 Å². The number of hydrogen-bond donors (Lipinski definition) is 0. The van der Waals surface area contributed by atoms with E-state index in [-0.39, 0.29) is 5.91 Å². The third kappa shape index (κ3) is 4.19. The Hall–Kier alpha value is -2.82. The van der Waals surface area contributed by atoms with Crippen LogP contribution >= 0.6 is 0 Å². The summed E-state index contributed by atoms with van der Waals surface area (Å²) in [5, 5.41) is 0. The van der Waals surface area contributed by atoms with Gasteiger partial charge in [-0.15, -0.1) is 0 Å². The molecular weight excluding hydrogens is 350 g/mol. The lowest BCUT2D eigenvalue weighted by Crippen LogP contribution is -2.36. The first-order valence-electron chi connectivity index (χ1n) is 10.1. The van der Waals surface area contributed by atoms with Crippen LogP contribution in [0.3, 0.4) is 0 Å². The molecule has 0 spiro atoms. The molecule has 4 rings (SSSR count). The van der Waals surface area contributed by atoms with Gasteiger partial charge in [0, 0.05) is 31.0 Å². The molecule has 0 bridgehead atoms. The molecule has 1 aromatic carbocycles. The van der Waals surface area contributed by atoms with Crippen LogP contribution in [0.5, 0.6) is 5.75 Å². The first-order valence-corrected chi connectivity index (χ1v) is 10.1. The van der Waals surface area contributed by atoms with Crippen molar-refractivity contribution in [2.24, 2.45) is 0 Å². The minimum Gasteiger partial charge on any atom is -0.487 e. The molecule has 2 heterocycles. The Morgan fingerprint density at radius 3 is 2.75 bits per heavy atom. The van der Waals surface area contributed by atoms with Crippen molar-refractivity contribution < 1.29 is 9.53 Å². The highest BCUT2D eigenvalue weighted by Gasteiger charge is 2.22. The molecule has 28 heavy (non-hydrogen) atoms. The highest BCUT2D eigenvalue weighted by atomic mass is 16.5. The summed E-state index contributed by atoms with van der Waals surface area (Å²) in [5.74, 6) is 0.766. The fourth-order valence-corrected chi connectivity index (χ4v) is 3.95. The van der Waals surface area contributed by atoms with Crippen molar-refractivity contribution in [2.75, 3.05) is 7.05 Å². The van der Waals surface area contributed by atoms with Crippen LogP contribution in [0, 0.1) is 0 Å². The quantitative estimate of drug-likeness (QED) is 0.605. The highest BCUT2D eigenvalue weighted by molar-refractivity contribution is 5.94. The van der Waals surface area contributed by atoms with Crippen molar-refractivity contribution in [3.63, 3.8) is 0 Å². The fourth-order valence-electron chi connectivity index (χ4n) is 3.95. The SMILES string of the molecule is CN(C(=O)c1cccc(OCc2cn3ccccc3n2)c1)C1CCCCCC1. The molecule has 1 aliphatic carbocycles. The van der Waals surface area contributed by atoms with Gasteiger partial charge in [0.05, 0.1) is 5.69 Å². The zero-order valence-electron chi connectivity index (χ0n) is 16.4. The molecule has 0 radical (unpaired) electrons. The van der Waals surface area contributed by atoms with Gasteiger partial charge in [0.2, 0.25) is 0 Å². The largest absolute Gasteiger partial charge is 0.487 e. The van der Waals surface area contributed by atoms with Gasteiger partial charge in [-0.1, -0.05) is 37.8 Å². The summed E-state index contributed by atoms with van der Waals surface area (Å²) in [4.78, 5) is 19.4. The third-order valence-electron chi connectivity index (χ3n) is 5.57. The minimum absolute atomic E-state index is 0.0741. The molecule has 1 fully saturated rings. The predicted octanol–water partition coefficient (Wildman–Crippen LogP) is 4.71. The van der Waals surface area contributed by atoms with E-state index in [4.69, 9.17) is 4.74 Å². The van der Waals surface area contributed by atoms with Gasteiger partial charge in [-0.2, -0.15) is 0 Å². The Bertz CT molecular complexity index is 909. The summed E-state index contributed by atoms with van der Waals surface area (Å²) in [6.45, 7) is 0.373. The van der Waals surface area contributed by atoms with Crippen LogP contribution < -0.4 is 4.74 Å². The summed E-state index contributed by atoms with van der Waals surface area (Å²) >= 11 is 0. The average Bonchev–Trinajstić information content (AvgIpc) is 2.95. The number of hydrogen-bond acceptors (Lipinski definition) is 3. The second kappa shape index (κ2) is 8.46. The van der Waals surface area contributed by atoms with Gasteiger partial charge in [0.1, 0.15) is 18.0 Å². The maximum atomic E-state index is 13.0. The van der Waals surface area contributed by atoms with Crippen LogP contribution in [0.25, 0.3) is 5.65 Å². The molecule has 1 amide bonds. The first-order chi connectivity index (χ1) is 13.7. The molecule has 3 aromatic rings. The Labute approximate surface area is 166 Å². The number of benzene rings is 1. The van der Waals surface area contributed by atoms with E-state index in [2.05, 4.69) is 4.98 Å². The number of rotatable bonds is 5. The van der Waals surface area contributed by atoms with E-state index in [1.165, 1.54) is 25.7 Å². The van der Waals surface area contributed by atoms with Gasteiger partial charge >= 0.3 is 0 Å². The second-order valence-corrected chi connectivity index (χ2v) is 7.58. The maximum Gasteiger partial charge on any atom is 0.253 e. The van der Waals surface area contributed by atoms with Gasteiger partial charge < -0.3 is 14.0 Å². The van der Waals surface area contributed by atoms with E-state index in [0.29, 0.717) is 24.0 Å². The predicted molar refractivity (Wildman–Crippen MR) is 110 cm³/mol. The molecule has 5 heteroatoms. The zero-order valence-corrected chi connectivity index (χ0v) is 16.4. The molecule has 0 saturated heterocycles. The summed E-state index contributed by atoms with van der Waals surface area (Å²) in [6.07, 6.45) is 11.1. The van der Waals surface area contributed by atoms with Crippen molar-refractivity contribution in [3.05, 3.63) is 66.1 Å². The zero-order chi connectivity index (χ0) is 19.3. The molecule has 0 atom stereocenters. The van der Waals surface area contributed by atoms with E-state index in [1.807, 2.05) is 71.2 Å². The van der Waals surface area contributed by atoms with Crippen LogP contribution in [0.15, 0.2) is 54.9 Å². The Morgan fingerprint density at radius 1 is 1.14 bits per heavy atom. The Kier molecular flexibility index (Phi) is 5.60. The van der Waals surface area contributed by atoms with E-state index in [1.54, 1.807) is 0 Å². The molecule has 1 saturated carbocycles. The molecule has 0 N–H and O–H groups in total. The first kappa shape index (κ1) is 18.5. The number of carbonyl (C=O) groups is 1. The molecule has 0 aliphatic heterocycles. The van der Waals surface area contributed by atoms with Crippen molar-refractivity contribution in [1.29, 1.82) is 0 Å². The number of carbonyl (C=O) groups excluding carboxylic acids is 1. The molecule has 5 nitrogen and oxygen atoms in total. The topological polar surface area (TPSA) is 46.8 Å². The van der Waals surface area contributed by atoms with Crippen LogP contribution in [0.2, 0.25) is 0 Å². The Balaban J connectivity index is 1.42. The number of pyridine rings is 1. The summed E-state index contributed by atoms with van der Waals surface area (Å²) in [6, 6.07) is 13.7. The van der Waals surface area contributed by atoms with Crippen LogP contribution in [0.1, 0.15) is 54.6 Å². The lowest BCUT2D eigenvalue weighted by molar-refractivity contribution is 0.0717. The van der Waals surface area contributed by atoms with E-state index < -0.39 is 0 Å². The fraction of sp³-hybridized carbons (Fsp3) is 0.391. The molecule has 2 aromatic heterocycles. The molecular formula is C23H27N3O2. The standard InChI is InChI=1S/C23H27N3O2/c1-25(20-10-4-2-3-5-11-20)23(27)18-9-8-12-21(15-18)28-17-19-16-26-14-7-6-13-22(26)24-19/h6-9,12-16,20H,2-5,10-11,17H2,1H3. The van der Waals surface area contributed by atoms with Crippen molar-refractivity contribution >= 4 is 11.6 Å². The van der Waals surface area contributed by atoms with Gasteiger partial charge in [-0.3, -0.25) is 4.79 Å². The van der Waals surface area contributed by atoms with E-state index >= 15 is 0 Å². The Morgan fingerprint density at radius 2 is 1.96 bits per heavy atom. The lowest BCUT2D eigenvalue weighted by Gasteiger charge is -2.27. The van der Waals surface area contributed by atoms with E-state index in [0.717, 1.165) is 24.2 Å². The summed E-state index contributed by atoms with van der Waals surface area (Å²) < 4.78 is 7.88.